The summed E-state index contributed by atoms with van der Waals surface area (Å²) in [5, 5.41) is 5.60. The number of nitrogens with one attached hydrogen (secondary N) is 2. The van der Waals surface area contributed by atoms with Gasteiger partial charge >= 0.3 is 0 Å². The number of carbonyl (C=O) groups is 1. The van der Waals surface area contributed by atoms with E-state index >= 15 is 0 Å². The molecule has 2 aromatic carbocycles. The predicted octanol–water partition coefficient (Wildman–Crippen LogP) is 4.32. The molecule has 2 N–H and O–H groups in total. The standard InChI is InChI=1S/C14H9BrFIN2OS/c15-9-4-5-12(11(17)7-9)18-14(21)19-13(20)8-2-1-3-10(16)6-8/h1-7H,(H2,18,19,20,21). The maximum atomic E-state index is 13.1. The van der Waals surface area contributed by atoms with Crippen LogP contribution in [-0.4, -0.2) is 11.0 Å². The number of rotatable bonds is 2. The minimum atomic E-state index is -0.469. The number of benzene rings is 2. The molecule has 0 aliphatic rings. The van der Waals surface area contributed by atoms with Crippen LogP contribution in [0.25, 0.3) is 0 Å². The van der Waals surface area contributed by atoms with Gasteiger partial charge in [0.15, 0.2) is 5.11 Å². The smallest absolute Gasteiger partial charge is 0.257 e. The molecule has 0 atom stereocenters. The Hall–Kier alpha value is -1.06. The van der Waals surface area contributed by atoms with Crippen LogP contribution in [0.1, 0.15) is 10.4 Å². The molecule has 0 aromatic heterocycles. The SMILES string of the molecule is O=C(NC(=S)Nc1ccc(Br)cc1I)c1cccc(F)c1. The zero-order valence-electron chi connectivity index (χ0n) is 10.5. The Kier molecular flexibility index (Phi) is 5.65. The molecule has 0 spiro atoms. The fraction of sp³-hybridized carbons (Fsp3) is 0. The van der Waals surface area contributed by atoms with Gasteiger partial charge in [0.25, 0.3) is 5.91 Å². The van der Waals surface area contributed by atoms with Crippen molar-refractivity contribution >= 4 is 67.4 Å². The van der Waals surface area contributed by atoms with Crippen LogP contribution in [0.2, 0.25) is 0 Å². The van der Waals surface area contributed by atoms with E-state index < -0.39 is 11.7 Å². The minimum Gasteiger partial charge on any atom is -0.332 e. The topological polar surface area (TPSA) is 41.1 Å². The van der Waals surface area contributed by atoms with Crippen LogP contribution in [0.15, 0.2) is 46.9 Å². The van der Waals surface area contributed by atoms with E-state index in [0.717, 1.165) is 19.8 Å². The molecule has 2 rings (SSSR count). The second-order valence-corrected chi connectivity index (χ2v) is 6.53. The van der Waals surface area contributed by atoms with E-state index in [2.05, 4.69) is 49.2 Å². The third-order valence-corrected chi connectivity index (χ3v) is 4.08. The Morgan fingerprint density at radius 2 is 2.00 bits per heavy atom. The lowest BCUT2D eigenvalue weighted by Crippen LogP contribution is -2.34. The lowest BCUT2D eigenvalue weighted by atomic mass is 10.2. The van der Waals surface area contributed by atoms with Gasteiger partial charge in [-0.15, -0.1) is 0 Å². The molecule has 7 heteroatoms. The molecule has 108 valence electrons. The quantitative estimate of drug-likeness (QED) is 0.499. The van der Waals surface area contributed by atoms with E-state index in [1.165, 1.54) is 18.2 Å². The molecule has 21 heavy (non-hydrogen) atoms. The first-order chi connectivity index (χ1) is 9.95. The van der Waals surface area contributed by atoms with Crippen molar-refractivity contribution in [1.29, 1.82) is 0 Å². The summed E-state index contributed by atoms with van der Waals surface area (Å²) in [6.07, 6.45) is 0. The Labute approximate surface area is 148 Å². The molecular formula is C14H9BrFIN2OS. The first-order valence-corrected chi connectivity index (χ1v) is 8.06. The highest BCUT2D eigenvalue weighted by atomic mass is 127. The first-order valence-electron chi connectivity index (χ1n) is 5.78. The molecule has 2 aromatic rings. The third kappa shape index (κ3) is 4.72. The maximum absolute atomic E-state index is 13.1. The van der Waals surface area contributed by atoms with Gasteiger partial charge in [-0.2, -0.15) is 0 Å². The predicted molar refractivity (Wildman–Crippen MR) is 96.9 cm³/mol. The van der Waals surface area contributed by atoms with Crippen molar-refractivity contribution in [1.82, 2.24) is 5.32 Å². The molecule has 0 aliphatic carbocycles. The van der Waals surface area contributed by atoms with Crippen LogP contribution in [0.4, 0.5) is 10.1 Å². The molecule has 0 saturated heterocycles. The molecule has 0 unspecified atom stereocenters. The summed E-state index contributed by atoms with van der Waals surface area (Å²) >= 11 is 10.6. The summed E-state index contributed by atoms with van der Waals surface area (Å²) in [6.45, 7) is 0. The van der Waals surface area contributed by atoms with Crippen molar-refractivity contribution in [2.45, 2.75) is 0 Å². The van der Waals surface area contributed by atoms with Crippen LogP contribution >= 0.6 is 50.7 Å². The van der Waals surface area contributed by atoms with Crippen molar-refractivity contribution in [3.63, 3.8) is 0 Å². The molecular weight excluding hydrogens is 470 g/mol. The monoisotopic (exact) mass is 478 g/mol. The zero-order chi connectivity index (χ0) is 15.4. The fourth-order valence-electron chi connectivity index (χ4n) is 1.55. The second-order valence-electron chi connectivity index (χ2n) is 4.04. The number of halogens is 3. The summed E-state index contributed by atoms with van der Waals surface area (Å²) in [5.74, 6) is -0.928. The van der Waals surface area contributed by atoms with E-state index in [9.17, 15) is 9.18 Å². The van der Waals surface area contributed by atoms with Crippen molar-refractivity contribution in [2.24, 2.45) is 0 Å². The van der Waals surface area contributed by atoms with Crippen molar-refractivity contribution < 1.29 is 9.18 Å². The van der Waals surface area contributed by atoms with Gasteiger partial charge in [0.1, 0.15) is 5.82 Å². The average molecular weight is 479 g/mol. The number of carbonyl (C=O) groups excluding carboxylic acids is 1. The highest BCUT2D eigenvalue weighted by Gasteiger charge is 2.09. The molecule has 0 bridgehead atoms. The minimum absolute atomic E-state index is 0.157. The Balaban J connectivity index is 2.03. The van der Waals surface area contributed by atoms with Crippen molar-refractivity contribution in [3.05, 3.63) is 61.9 Å². The summed E-state index contributed by atoms with van der Waals surface area (Å²) in [5.41, 5.74) is 0.994. The molecule has 1 amide bonds. The Morgan fingerprint density at radius 3 is 2.67 bits per heavy atom. The van der Waals surface area contributed by atoms with Gasteiger partial charge in [-0.25, -0.2) is 4.39 Å². The lowest BCUT2D eigenvalue weighted by molar-refractivity contribution is 0.0977. The number of amides is 1. The van der Waals surface area contributed by atoms with Crippen LogP contribution in [0.5, 0.6) is 0 Å². The van der Waals surface area contributed by atoms with Crippen molar-refractivity contribution in [2.75, 3.05) is 5.32 Å². The average Bonchev–Trinajstić information content (AvgIpc) is 2.42. The molecule has 0 heterocycles. The summed E-state index contributed by atoms with van der Waals surface area (Å²) in [7, 11) is 0. The van der Waals surface area contributed by atoms with E-state index in [1.54, 1.807) is 0 Å². The lowest BCUT2D eigenvalue weighted by Gasteiger charge is -2.11. The zero-order valence-corrected chi connectivity index (χ0v) is 15.1. The summed E-state index contributed by atoms with van der Waals surface area (Å²) in [4.78, 5) is 11.9. The van der Waals surface area contributed by atoms with E-state index in [1.807, 2.05) is 18.2 Å². The largest absolute Gasteiger partial charge is 0.332 e. The third-order valence-electron chi connectivity index (χ3n) is 2.49. The highest BCUT2D eigenvalue weighted by molar-refractivity contribution is 14.1. The molecule has 0 radical (unpaired) electrons. The van der Waals surface area contributed by atoms with E-state index in [0.29, 0.717) is 0 Å². The van der Waals surface area contributed by atoms with Crippen LogP contribution < -0.4 is 10.6 Å². The van der Waals surface area contributed by atoms with Crippen LogP contribution in [0, 0.1) is 9.39 Å². The maximum Gasteiger partial charge on any atom is 0.257 e. The van der Waals surface area contributed by atoms with E-state index in [4.69, 9.17) is 12.2 Å². The van der Waals surface area contributed by atoms with Gasteiger partial charge in [-0.3, -0.25) is 10.1 Å². The Bertz CT molecular complexity index is 711. The van der Waals surface area contributed by atoms with Gasteiger partial charge in [0, 0.05) is 13.6 Å². The number of thiocarbonyl (C=S) groups is 1. The molecule has 0 saturated carbocycles. The normalized spacial score (nSPS) is 10.0. The van der Waals surface area contributed by atoms with E-state index in [-0.39, 0.29) is 10.7 Å². The second kappa shape index (κ2) is 7.28. The Morgan fingerprint density at radius 1 is 1.24 bits per heavy atom. The van der Waals surface area contributed by atoms with Crippen LogP contribution in [0.3, 0.4) is 0 Å². The van der Waals surface area contributed by atoms with Gasteiger partial charge < -0.3 is 5.32 Å². The van der Waals surface area contributed by atoms with Crippen LogP contribution in [-0.2, 0) is 0 Å². The molecule has 0 fully saturated rings. The number of anilines is 1. The van der Waals surface area contributed by atoms with Gasteiger partial charge in [0.2, 0.25) is 0 Å². The first kappa shape index (κ1) is 16.3. The number of hydrogen-bond acceptors (Lipinski definition) is 2. The van der Waals surface area contributed by atoms with Gasteiger partial charge in [0.05, 0.1) is 5.69 Å². The molecule has 0 aliphatic heterocycles. The summed E-state index contributed by atoms with van der Waals surface area (Å²) < 4.78 is 15.0. The summed E-state index contributed by atoms with van der Waals surface area (Å²) in [6, 6.07) is 11.0. The van der Waals surface area contributed by atoms with Crippen molar-refractivity contribution in [3.8, 4) is 0 Å². The van der Waals surface area contributed by atoms with Gasteiger partial charge in [-0.1, -0.05) is 22.0 Å². The number of hydrogen-bond donors (Lipinski definition) is 2. The highest BCUT2D eigenvalue weighted by Crippen LogP contribution is 2.22. The fourth-order valence-corrected chi connectivity index (χ4v) is 3.19. The van der Waals surface area contributed by atoms with Gasteiger partial charge in [-0.05, 0) is 71.2 Å². The molecule has 3 nitrogen and oxygen atoms in total.